The first-order valence-corrected chi connectivity index (χ1v) is 11.0. The summed E-state index contributed by atoms with van der Waals surface area (Å²) in [6, 6.07) is 13.3. The third-order valence-corrected chi connectivity index (χ3v) is 5.95. The SMILES string of the molecule is COc1cccc(Cn2c(C(=O)Nc3ccc(N4CCC4)nc3)cc3cc(C(F)(F)F)cnc32)c1. The molecule has 10 heteroatoms. The number of nitrogens with one attached hydrogen (secondary N) is 1. The minimum Gasteiger partial charge on any atom is -0.497 e. The molecule has 1 fully saturated rings. The van der Waals surface area contributed by atoms with E-state index in [9.17, 15) is 18.0 Å². The van der Waals surface area contributed by atoms with E-state index < -0.39 is 17.6 Å². The lowest BCUT2D eigenvalue weighted by Crippen LogP contribution is -2.37. The summed E-state index contributed by atoms with van der Waals surface area (Å²) >= 11 is 0. The molecule has 0 aliphatic carbocycles. The number of aromatic nitrogens is 3. The van der Waals surface area contributed by atoms with Gasteiger partial charge in [0.05, 0.1) is 24.6 Å². The van der Waals surface area contributed by atoms with Crippen LogP contribution in [-0.2, 0) is 12.7 Å². The van der Waals surface area contributed by atoms with Gasteiger partial charge in [0.2, 0.25) is 0 Å². The maximum Gasteiger partial charge on any atom is 0.417 e. The van der Waals surface area contributed by atoms with E-state index in [0.29, 0.717) is 11.4 Å². The molecule has 4 aromatic rings. The molecular weight excluding hydrogens is 459 g/mol. The molecular formula is C25H22F3N5O2. The van der Waals surface area contributed by atoms with Gasteiger partial charge in [-0.15, -0.1) is 0 Å². The molecule has 4 heterocycles. The molecule has 1 N–H and O–H groups in total. The molecule has 0 bridgehead atoms. The zero-order valence-electron chi connectivity index (χ0n) is 18.8. The van der Waals surface area contributed by atoms with Gasteiger partial charge in [0, 0.05) is 31.2 Å². The van der Waals surface area contributed by atoms with Crippen LogP contribution in [0.25, 0.3) is 11.0 Å². The standard InChI is InChI=1S/C25H22F3N5O2/c1-35-20-5-2-4-16(10-20)15-33-21(12-17-11-18(25(26,27)28)13-30-23(17)33)24(34)31-19-6-7-22(29-14-19)32-8-3-9-32/h2,4-7,10-14H,3,8-9,15H2,1H3,(H,31,34). The van der Waals surface area contributed by atoms with E-state index in [-0.39, 0.29) is 23.3 Å². The van der Waals surface area contributed by atoms with Gasteiger partial charge in [-0.2, -0.15) is 13.2 Å². The van der Waals surface area contributed by atoms with Gasteiger partial charge in [0.25, 0.3) is 5.91 Å². The average molecular weight is 481 g/mol. The number of rotatable bonds is 6. The Kier molecular flexibility index (Phi) is 5.80. The van der Waals surface area contributed by atoms with E-state index >= 15 is 0 Å². The number of amides is 1. The molecule has 5 rings (SSSR count). The Morgan fingerprint density at radius 2 is 1.91 bits per heavy atom. The van der Waals surface area contributed by atoms with Gasteiger partial charge in [0.1, 0.15) is 22.9 Å². The van der Waals surface area contributed by atoms with Crippen molar-refractivity contribution < 1.29 is 22.7 Å². The molecule has 0 radical (unpaired) electrons. The summed E-state index contributed by atoms with van der Waals surface area (Å²) in [6.07, 6.45) is -1.06. The van der Waals surface area contributed by atoms with Crippen molar-refractivity contribution >= 4 is 28.4 Å². The predicted octanol–water partition coefficient (Wildman–Crippen LogP) is 4.97. The van der Waals surface area contributed by atoms with Crippen molar-refractivity contribution in [2.45, 2.75) is 19.1 Å². The van der Waals surface area contributed by atoms with Gasteiger partial charge in [-0.3, -0.25) is 4.79 Å². The highest BCUT2D eigenvalue weighted by Gasteiger charge is 2.32. The topological polar surface area (TPSA) is 72.3 Å². The number of pyridine rings is 2. The first-order valence-electron chi connectivity index (χ1n) is 11.0. The number of anilines is 2. The van der Waals surface area contributed by atoms with Gasteiger partial charge in [-0.05, 0) is 48.4 Å². The average Bonchev–Trinajstić information content (AvgIpc) is 3.16. The van der Waals surface area contributed by atoms with Crippen molar-refractivity contribution in [3.8, 4) is 5.75 Å². The fourth-order valence-electron chi connectivity index (χ4n) is 3.99. The maximum atomic E-state index is 13.3. The molecule has 0 atom stereocenters. The molecule has 1 aliphatic rings. The van der Waals surface area contributed by atoms with Gasteiger partial charge >= 0.3 is 6.18 Å². The third kappa shape index (κ3) is 4.64. The van der Waals surface area contributed by atoms with Gasteiger partial charge in [0.15, 0.2) is 0 Å². The van der Waals surface area contributed by atoms with Crippen molar-refractivity contribution in [3.63, 3.8) is 0 Å². The minimum absolute atomic E-state index is 0.182. The van der Waals surface area contributed by atoms with E-state index in [1.54, 1.807) is 42.1 Å². The van der Waals surface area contributed by atoms with E-state index in [2.05, 4.69) is 20.2 Å². The van der Waals surface area contributed by atoms with Crippen molar-refractivity contribution in [3.05, 3.63) is 77.7 Å². The number of carbonyl (C=O) groups excluding carboxylic acids is 1. The summed E-state index contributed by atoms with van der Waals surface area (Å²) in [5, 5.41) is 3.02. The molecule has 180 valence electrons. The molecule has 0 spiro atoms. The van der Waals surface area contributed by atoms with Crippen LogP contribution >= 0.6 is 0 Å². The molecule has 1 amide bonds. The lowest BCUT2D eigenvalue weighted by atomic mass is 10.2. The Morgan fingerprint density at radius 1 is 1.09 bits per heavy atom. The highest BCUT2D eigenvalue weighted by atomic mass is 19.4. The number of hydrogen-bond acceptors (Lipinski definition) is 5. The fraction of sp³-hybridized carbons (Fsp3) is 0.240. The Bertz CT molecular complexity index is 1380. The van der Waals surface area contributed by atoms with Crippen molar-refractivity contribution in [2.75, 3.05) is 30.4 Å². The minimum atomic E-state index is -4.54. The number of ether oxygens (including phenoxy) is 1. The normalized spacial score (nSPS) is 13.5. The number of hydrogen-bond donors (Lipinski definition) is 1. The van der Waals surface area contributed by atoms with Crippen LogP contribution in [0.2, 0.25) is 0 Å². The summed E-state index contributed by atoms with van der Waals surface area (Å²) < 4.78 is 46.7. The smallest absolute Gasteiger partial charge is 0.417 e. The quantitative estimate of drug-likeness (QED) is 0.421. The lowest BCUT2D eigenvalue weighted by Gasteiger charge is -2.31. The molecule has 0 saturated carbocycles. The molecule has 1 aromatic carbocycles. The van der Waals surface area contributed by atoms with Crippen LogP contribution in [0.4, 0.5) is 24.7 Å². The summed E-state index contributed by atoms with van der Waals surface area (Å²) in [7, 11) is 1.55. The highest BCUT2D eigenvalue weighted by Crippen LogP contribution is 2.32. The van der Waals surface area contributed by atoms with Crippen LogP contribution in [0.15, 0.2) is 60.9 Å². The lowest BCUT2D eigenvalue weighted by molar-refractivity contribution is -0.137. The van der Waals surface area contributed by atoms with Crippen LogP contribution in [0.5, 0.6) is 5.75 Å². The highest BCUT2D eigenvalue weighted by molar-refractivity contribution is 6.06. The Hall–Kier alpha value is -4.08. The summed E-state index contributed by atoms with van der Waals surface area (Å²) in [6.45, 7) is 2.12. The Morgan fingerprint density at radius 3 is 2.57 bits per heavy atom. The van der Waals surface area contributed by atoms with Gasteiger partial charge < -0.3 is 19.5 Å². The molecule has 0 unspecified atom stereocenters. The predicted molar refractivity (Wildman–Crippen MR) is 126 cm³/mol. The van der Waals surface area contributed by atoms with E-state index in [4.69, 9.17) is 4.74 Å². The summed E-state index contributed by atoms with van der Waals surface area (Å²) in [5.41, 5.74) is 0.875. The van der Waals surface area contributed by atoms with Crippen LogP contribution in [0.3, 0.4) is 0 Å². The monoisotopic (exact) mass is 481 g/mol. The van der Waals surface area contributed by atoms with Crippen LogP contribution in [-0.4, -0.2) is 40.6 Å². The second kappa shape index (κ2) is 8.94. The number of alkyl halides is 3. The number of fused-ring (bicyclic) bond motifs is 1. The first-order chi connectivity index (χ1) is 16.8. The van der Waals surface area contributed by atoms with E-state index in [1.807, 2.05) is 12.1 Å². The zero-order chi connectivity index (χ0) is 24.6. The van der Waals surface area contributed by atoms with Crippen LogP contribution in [0, 0.1) is 0 Å². The van der Waals surface area contributed by atoms with Crippen molar-refractivity contribution in [2.24, 2.45) is 0 Å². The summed E-state index contributed by atoms with van der Waals surface area (Å²) in [5.74, 6) is 0.994. The fourth-order valence-corrected chi connectivity index (χ4v) is 3.99. The molecule has 3 aromatic heterocycles. The van der Waals surface area contributed by atoms with Crippen molar-refractivity contribution in [1.29, 1.82) is 0 Å². The zero-order valence-corrected chi connectivity index (χ0v) is 18.8. The molecule has 7 nitrogen and oxygen atoms in total. The molecule has 1 saturated heterocycles. The van der Waals surface area contributed by atoms with Gasteiger partial charge in [-0.25, -0.2) is 9.97 Å². The number of carbonyl (C=O) groups is 1. The largest absolute Gasteiger partial charge is 0.497 e. The third-order valence-electron chi connectivity index (χ3n) is 5.95. The van der Waals surface area contributed by atoms with Crippen LogP contribution in [0.1, 0.15) is 28.0 Å². The second-order valence-corrected chi connectivity index (χ2v) is 8.30. The Labute approximate surface area is 199 Å². The second-order valence-electron chi connectivity index (χ2n) is 8.30. The van der Waals surface area contributed by atoms with Gasteiger partial charge in [-0.1, -0.05) is 12.1 Å². The molecule has 1 aliphatic heterocycles. The van der Waals surface area contributed by atoms with Crippen LogP contribution < -0.4 is 15.0 Å². The number of nitrogens with zero attached hydrogens (tertiary/aromatic N) is 4. The maximum absolute atomic E-state index is 13.3. The molecule has 35 heavy (non-hydrogen) atoms. The van der Waals surface area contributed by atoms with E-state index in [0.717, 1.165) is 43.2 Å². The number of halogens is 3. The van der Waals surface area contributed by atoms with Crippen molar-refractivity contribution in [1.82, 2.24) is 14.5 Å². The van der Waals surface area contributed by atoms with E-state index in [1.165, 1.54) is 6.07 Å². The number of benzene rings is 1. The number of methoxy groups -OCH3 is 1. The summed E-state index contributed by atoms with van der Waals surface area (Å²) in [4.78, 5) is 23.8. The first kappa shape index (κ1) is 22.7. The Balaban J connectivity index is 1.50.